The molecule has 0 spiro atoms. The predicted molar refractivity (Wildman–Crippen MR) is 145 cm³/mol. The summed E-state index contributed by atoms with van der Waals surface area (Å²) in [5, 5.41) is 0. The Morgan fingerprint density at radius 1 is 0.647 bits per heavy atom. The highest BCUT2D eigenvalue weighted by atomic mass is 16.5. The molecule has 3 rings (SSSR count). The Morgan fingerprint density at radius 2 is 1.21 bits per heavy atom. The molecule has 3 saturated carbocycles. The Kier molecular flexibility index (Phi) is 12.3. The van der Waals surface area contributed by atoms with Gasteiger partial charge in [0.2, 0.25) is 0 Å². The maximum atomic E-state index is 13.9. The number of rotatable bonds is 14. The first-order chi connectivity index (χ1) is 16.7. The van der Waals surface area contributed by atoms with E-state index >= 15 is 0 Å². The lowest BCUT2D eigenvalue weighted by atomic mass is 9.49. The van der Waals surface area contributed by atoms with E-state index in [1.165, 1.54) is 135 Å². The van der Waals surface area contributed by atoms with Gasteiger partial charge in [-0.1, -0.05) is 117 Å². The van der Waals surface area contributed by atoms with Gasteiger partial charge in [-0.15, -0.1) is 0 Å². The predicted octanol–water partition coefficient (Wildman–Crippen LogP) is 10.2. The molecule has 3 aliphatic carbocycles. The molecule has 0 radical (unpaired) electrons. The molecule has 0 aromatic heterocycles. The van der Waals surface area contributed by atoms with Crippen molar-refractivity contribution in [3.63, 3.8) is 0 Å². The van der Waals surface area contributed by atoms with Crippen molar-refractivity contribution >= 4 is 5.97 Å². The van der Waals surface area contributed by atoms with Crippen LogP contribution in [0.2, 0.25) is 0 Å². The van der Waals surface area contributed by atoms with Crippen LogP contribution in [0.1, 0.15) is 168 Å². The maximum absolute atomic E-state index is 13.9. The van der Waals surface area contributed by atoms with Crippen LogP contribution in [0.3, 0.4) is 0 Å². The monoisotopic (exact) mass is 474 g/mol. The molecule has 0 heterocycles. The van der Waals surface area contributed by atoms with E-state index in [2.05, 4.69) is 13.8 Å². The van der Waals surface area contributed by atoms with Crippen LogP contribution in [0.4, 0.5) is 0 Å². The quantitative estimate of drug-likeness (QED) is 0.185. The smallest absolute Gasteiger partial charge is 0.312 e. The van der Waals surface area contributed by atoms with E-state index in [1.807, 2.05) is 0 Å². The fraction of sp³-hybridized carbons (Fsp3) is 0.969. The summed E-state index contributed by atoms with van der Waals surface area (Å²) in [6, 6.07) is 0. The molecule has 2 nitrogen and oxygen atoms in total. The summed E-state index contributed by atoms with van der Waals surface area (Å²) in [4.78, 5) is 13.9. The second kappa shape index (κ2) is 14.9. The van der Waals surface area contributed by atoms with Gasteiger partial charge >= 0.3 is 5.97 Å². The number of hydrogen-bond acceptors (Lipinski definition) is 2. The third-order valence-electron chi connectivity index (χ3n) is 10.4. The van der Waals surface area contributed by atoms with E-state index in [0.717, 1.165) is 31.1 Å². The third-order valence-corrected chi connectivity index (χ3v) is 10.4. The number of hydrogen-bond donors (Lipinski definition) is 0. The van der Waals surface area contributed by atoms with Crippen molar-refractivity contribution in [3.05, 3.63) is 0 Å². The van der Waals surface area contributed by atoms with Crippen LogP contribution in [0, 0.1) is 22.7 Å². The maximum Gasteiger partial charge on any atom is 0.312 e. The van der Waals surface area contributed by atoms with Crippen molar-refractivity contribution in [1.82, 2.24) is 0 Å². The zero-order valence-electron chi connectivity index (χ0n) is 23.1. The Morgan fingerprint density at radius 3 is 1.88 bits per heavy atom. The molecule has 198 valence electrons. The molecule has 3 aliphatic rings. The van der Waals surface area contributed by atoms with Crippen LogP contribution in [-0.4, -0.2) is 12.6 Å². The molecule has 0 aromatic carbocycles. The van der Waals surface area contributed by atoms with Gasteiger partial charge < -0.3 is 4.74 Å². The van der Waals surface area contributed by atoms with Gasteiger partial charge in [0.1, 0.15) is 0 Å². The summed E-state index contributed by atoms with van der Waals surface area (Å²) < 4.78 is 6.13. The zero-order chi connectivity index (χ0) is 24.1. The van der Waals surface area contributed by atoms with Gasteiger partial charge in [-0.2, -0.15) is 0 Å². The second-order valence-corrected chi connectivity index (χ2v) is 12.5. The summed E-state index contributed by atoms with van der Waals surface area (Å²) in [6.45, 7) is 5.18. The van der Waals surface area contributed by atoms with E-state index in [-0.39, 0.29) is 16.8 Å². The molecular formula is C32H58O2. The van der Waals surface area contributed by atoms with Crippen molar-refractivity contribution < 1.29 is 9.53 Å². The van der Waals surface area contributed by atoms with Crippen LogP contribution in [0.25, 0.3) is 0 Å². The summed E-state index contributed by atoms with van der Waals surface area (Å²) in [5.74, 6) is 2.12. The largest absolute Gasteiger partial charge is 0.465 e. The van der Waals surface area contributed by atoms with E-state index in [9.17, 15) is 4.79 Å². The zero-order valence-corrected chi connectivity index (χ0v) is 23.1. The molecule has 0 saturated heterocycles. The first-order valence-corrected chi connectivity index (χ1v) is 15.8. The molecule has 0 atom stereocenters. The third kappa shape index (κ3) is 7.25. The van der Waals surface area contributed by atoms with Crippen molar-refractivity contribution in [3.8, 4) is 0 Å². The Balaban J connectivity index is 1.72. The van der Waals surface area contributed by atoms with Crippen LogP contribution in [0.5, 0.6) is 0 Å². The summed E-state index contributed by atoms with van der Waals surface area (Å²) in [7, 11) is 0. The van der Waals surface area contributed by atoms with Gasteiger partial charge in [0.25, 0.3) is 0 Å². The molecular weight excluding hydrogens is 416 g/mol. The van der Waals surface area contributed by atoms with E-state index in [0.29, 0.717) is 6.61 Å². The topological polar surface area (TPSA) is 26.3 Å². The minimum Gasteiger partial charge on any atom is -0.465 e. The first-order valence-electron chi connectivity index (χ1n) is 15.8. The fourth-order valence-corrected chi connectivity index (χ4v) is 8.24. The van der Waals surface area contributed by atoms with Crippen molar-refractivity contribution in [2.75, 3.05) is 6.61 Å². The molecule has 0 aliphatic heterocycles. The number of ether oxygens (including phenoxy) is 1. The van der Waals surface area contributed by atoms with Gasteiger partial charge in [-0.05, 0) is 68.6 Å². The lowest BCUT2D eigenvalue weighted by Crippen LogP contribution is -2.52. The van der Waals surface area contributed by atoms with E-state index in [4.69, 9.17) is 4.74 Å². The van der Waals surface area contributed by atoms with Crippen LogP contribution >= 0.6 is 0 Å². The molecule has 2 heteroatoms. The molecule has 0 amide bonds. The summed E-state index contributed by atoms with van der Waals surface area (Å²) >= 11 is 0. The standard InChI is InChI=1S/C32H58O2/c1-3-5-7-8-9-14-22-31(25-20-29(21-26-31)28-18-12-10-13-19-28)32(23-15-11-16-24-32)30(33)34-27-17-6-4-2/h28-29H,3-27H2,1-2H3. The number of carbonyl (C=O) groups is 1. The van der Waals surface area contributed by atoms with E-state index < -0.39 is 0 Å². The molecule has 3 fully saturated rings. The lowest BCUT2D eigenvalue weighted by Gasteiger charge is -2.55. The Bertz CT molecular complexity index is 547. The minimum absolute atomic E-state index is 0.182. The number of carbonyl (C=O) groups excluding carboxylic acids is 1. The van der Waals surface area contributed by atoms with Gasteiger partial charge in [0.15, 0.2) is 0 Å². The lowest BCUT2D eigenvalue weighted by molar-refractivity contribution is -0.175. The first kappa shape index (κ1) is 28.0. The number of esters is 1. The average Bonchev–Trinajstić information content (AvgIpc) is 2.89. The highest BCUT2D eigenvalue weighted by Crippen LogP contribution is 2.61. The normalized spacial score (nSPS) is 28.0. The van der Waals surface area contributed by atoms with Gasteiger partial charge in [0, 0.05) is 0 Å². The van der Waals surface area contributed by atoms with Gasteiger partial charge in [0.05, 0.1) is 12.0 Å². The average molecular weight is 475 g/mol. The van der Waals surface area contributed by atoms with Gasteiger partial charge in [-0.3, -0.25) is 4.79 Å². The minimum atomic E-state index is -0.182. The van der Waals surface area contributed by atoms with Gasteiger partial charge in [-0.25, -0.2) is 0 Å². The second-order valence-electron chi connectivity index (χ2n) is 12.5. The molecule has 0 N–H and O–H groups in total. The molecule has 0 aromatic rings. The Hall–Kier alpha value is -0.530. The summed E-state index contributed by atoms with van der Waals surface area (Å²) in [5.41, 5.74) is 0.0313. The molecule has 34 heavy (non-hydrogen) atoms. The highest BCUT2D eigenvalue weighted by Gasteiger charge is 2.57. The van der Waals surface area contributed by atoms with Crippen molar-refractivity contribution in [1.29, 1.82) is 0 Å². The van der Waals surface area contributed by atoms with E-state index in [1.54, 1.807) is 0 Å². The molecule has 0 unspecified atom stereocenters. The Labute approximate surface area is 212 Å². The SMILES string of the molecule is CCCCCCCCC1(C2(C(=O)OCCCCC)CCCCC2)CCC(C2CCCCC2)CC1. The van der Waals surface area contributed by atoms with Crippen LogP contribution < -0.4 is 0 Å². The fourth-order valence-electron chi connectivity index (χ4n) is 8.24. The highest BCUT2D eigenvalue weighted by molar-refractivity contribution is 5.78. The number of unbranched alkanes of at least 4 members (excludes halogenated alkanes) is 7. The summed E-state index contributed by atoms with van der Waals surface area (Å²) in [6.07, 6.45) is 31.5. The van der Waals surface area contributed by atoms with Crippen LogP contribution in [-0.2, 0) is 9.53 Å². The molecule has 0 bridgehead atoms. The van der Waals surface area contributed by atoms with Crippen molar-refractivity contribution in [2.24, 2.45) is 22.7 Å². The van der Waals surface area contributed by atoms with Crippen LogP contribution in [0.15, 0.2) is 0 Å². The van der Waals surface area contributed by atoms with Crippen molar-refractivity contribution in [2.45, 2.75) is 168 Å².